The molecule has 0 spiro atoms. The molecule has 29 heavy (non-hydrogen) atoms. The monoisotopic (exact) mass is 395 g/mol. The molecule has 0 bridgehead atoms. The van der Waals surface area contributed by atoms with Gasteiger partial charge in [-0.25, -0.2) is 4.79 Å². The van der Waals surface area contributed by atoms with Crippen LogP contribution in [0.15, 0.2) is 47.5 Å². The van der Waals surface area contributed by atoms with Crippen molar-refractivity contribution in [3.63, 3.8) is 0 Å². The van der Waals surface area contributed by atoms with Gasteiger partial charge in [-0.15, -0.1) is 0 Å². The summed E-state index contributed by atoms with van der Waals surface area (Å²) in [5.74, 6) is 0. The fourth-order valence-corrected chi connectivity index (χ4v) is 3.63. The van der Waals surface area contributed by atoms with E-state index in [4.69, 9.17) is 4.74 Å². The summed E-state index contributed by atoms with van der Waals surface area (Å²) < 4.78 is 9.29. The van der Waals surface area contributed by atoms with Gasteiger partial charge in [-0.3, -0.25) is 9.48 Å². The van der Waals surface area contributed by atoms with Gasteiger partial charge < -0.3 is 19.9 Å². The number of amides is 2. The summed E-state index contributed by atoms with van der Waals surface area (Å²) in [7, 11) is 1.71. The van der Waals surface area contributed by atoms with Crippen LogP contribution >= 0.6 is 0 Å². The van der Waals surface area contributed by atoms with Crippen LogP contribution < -0.4 is 16.2 Å². The van der Waals surface area contributed by atoms with Crippen molar-refractivity contribution in [2.45, 2.75) is 38.5 Å². The van der Waals surface area contributed by atoms with Crippen LogP contribution in [0.1, 0.15) is 38.0 Å². The normalized spacial score (nSPS) is 19.0. The third kappa shape index (κ3) is 3.88. The van der Waals surface area contributed by atoms with Crippen LogP contribution in [0, 0.1) is 0 Å². The van der Waals surface area contributed by atoms with Crippen molar-refractivity contribution < 1.29 is 9.53 Å². The van der Waals surface area contributed by atoms with E-state index in [0.717, 1.165) is 22.9 Å². The van der Waals surface area contributed by atoms with Crippen molar-refractivity contribution >= 4 is 22.6 Å². The topological polar surface area (TPSA) is 90.2 Å². The van der Waals surface area contributed by atoms with Gasteiger partial charge in [0.15, 0.2) is 0 Å². The van der Waals surface area contributed by atoms with Crippen LogP contribution in [-0.2, 0) is 11.8 Å². The van der Waals surface area contributed by atoms with Gasteiger partial charge in [0.2, 0.25) is 0 Å². The number of nitrogens with zero attached hydrogens (tertiary/aromatic N) is 3. The van der Waals surface area contributed by atoms with Gasteiger partial charge in [0.25, 0.3) is 5.56 Å². The molecule has 0 radical (unpaired) electrons. The zero-order valence-electron chi connectivity index (χ0n) is 16.8. The summed E-state index contributed by atoms with van der Waals surface area (Å²) in [5, 5.41) is 11.2. The molecule has 2 atom stereocenters. The molecule has 3 aromatic rings. The number of hydrogen-bond acceptors (Lipinski definition) is 4. The molecule has 3 heterocycles. The van der Waals surface area contributed by atoms with E-state index in [1.165, 1.54) is 6.07 Å². The van der Waals surface area contributed by atoms with Crippen LogP contribution in [-0.4, -0.2) is 33.0 Å². The minimum absolute atomic E-state index is 0.0907. The van der Waals surface area contributed by atoms with E-state index < -0.39 is 0 Å². The van der Waals surface area contributed by atoms with Crippen molar-refractivity contribution in [1.82, 2.24) is 19.7 Å². The molecular weight excluding hydrogens is 370 g/mol. The van der Waals surface area contributed by atoms with Gasteiger partial charge in [0.05, 0.1) is 17.8 Å². The highest BCUT2D eigenvalue weighted by Gasteiger charge is 2.32. The van der Waals surface area contributed by atoms with Gasteiger partial charge in [0.1, 0.15) is 6.10 Å². The third-order valence-electron chi connectivity index (χ3n) is 5.27. The number of aryl methyl sites for hydroxylation is 1. The highest BCUT2D eigenvalue weighted by Crippen LogP contribution is 2.29. The molecule has 2 amide bonds. The standard InChI is InChI=1S/C21H25N5O3/c1-13(2)26-12-15(11-22-26)20-17(8-9-29-20)24-21(28)23-16-6-4-14-5-7-19(27)25(3)18(14)10-16/h4-7,10-13,17,20H,8-9H2,1-3H3,(H2,23,24,28)/t17-,20+/m0/s1. The first kappa shape index (κ1) is 19.2. The van der Waals surface area contributed by atoms with E-state index in [-0.39, 0.29) is 29.8 Å². The minimum Gasteiger partial charge on any atom is -0.371 e. The number of carbonyl (C=O) groups is 1. The van der Waals surface area contributed by atoms with Gasteiger partial charge in [0, 0.05) is 43.2 Å². The van der Waals surface area contributed by atoms with E-state index in [2.05, 4.69) is 29.6 Å². The fraction of sp³-hybridized carbons (Fsp3) is 0.381. The van der Waals surface area contributed by atoms with Gasteiger partial charge in [-0.05, 0) is 43.9 Å². The maximum absolute atomic E-state index is 12.6. The summed E-state index contributed by atoms with van der Waals surface area (Å²) in [5.41, 5.74) is 2.26. The zero-order chi connectivity index (χ0) is 20.5. The molecular formula is C21H25N5O3. The smallest absolute Gasteiger partial charge is 0.319 e. The molecule has 2 N–H and O–H groups in total. The van der Waals surface area contributed by atoms with Crippen LogP contribution in [0.25, 0.3) is 10.9 Å². The molecule has 0 unspecified atom stereocenters. The van der Waals surface area contributed by atoms with E-state index in [1.54, 1.807) is 29.9 Å². The first-order chi connectivity index (χ1) is 13.9. The van der Waals surface area contributed by atoms with Gasteiger partial charge in [-0.1, -0.05) is 6.07 Å². The number of anilines is 1. The molecule has 1 fully saturated rings. The second-order valence-corrected chi connectivity index (χ2v) is 7.64. The van der Waals surface area contributed by atoms with E-state index in [1.807, 2.05) is 23.0 Å². The number of rotatable bonds is 4. The summed E-state index contributed by atoms with van der Waals surface area (Å²) >= 11 is 0. The second kappa shape index (κ2) is 7.71. The molecule has 0 aliphatic carbocycles. The summed E-state index contributed by atoms with van der Waals surface area (Å²) in [4.78, 5) is 24.4. The number of urea groups is 1. The number of fused-ring (bicyclic) bond motifs is 1. The Labute approximate surface area is 168 Å². The van der Waals surface area contributed by atoms with Crippen molar-refractivity contribution in [1.29, 1.82) is 0 Å². The zero-order valence-corrected chi connectivity index (χ0v) is 16.8. The molecule has 4 rings (SSSR count). The summed E-state index contributed by atoms with van der Waals surface area (Å²) in [6.07, 6.45) is 4.28. The number of aromatic nitrogens is 3. The Morgan fingerprint density at radius 1 is 1.28 bits per heavy atom. The van der Waals surface area contributed by atoms with Crippen molar-refractivity contribution in [3.8, 4) is 0 Å². The van der Waals surface area contributed by atoms with E-state index >= 15 is 0 Å². The van der Waals surface area contributed by atoms with Gasteiger partial charge in [-0.2, -0.15) is 5.10 Å². The van der Waals surface area contributed by atoms with Gasteiger partial charge >= 0.3 is 6.03 Å². The number of nitrogens with one attached hydrogen (secondary N) is 2. The maximum atomic E-state index is 12.6. The van der Waals surface area contributed by atoms with Crippen molar-refractivity contribution in [2.75, 3.05) is 11.9 Å². The average molecular weight is 395 g/mol. The van der Waals surface area contributed by atoms with E-state index in [0.29, 0.717) is 12.3 Å². The third-order valence-corrected chi connectivity index (χ3v) is 5.27. The fourth-order valence-electron chi connectivity index (χ4n) is 3.63. The Bertz CT molecular complexity index is 1100. The highest BCUT2D eigenvalue weighted by molar-refractivity contribution is 5.92. The molecule has 1 saturated heterocycles. The average Bonchev–Trinajstić information content (AvgIpc) is 3.34. The Hall–Kier alpha value is -3.13. The number of hydrogen-bond donors (Lipinski definition) is 2. The molecule has 1 aliphatic heterocycles. The first-order valence-corrected chi connectivity index (χ1v) is 9.75. The van der Waals surface area contributed by atoms with Crippen molar-refractivity contribution in [3.05, 3.63) is 58.6 Å². The van der Waals surface area contributed by atoms with Crippen LogP contribution in [0.3, 0.4) is 0 Å². The number of carbonyl (C=O) groups excluding carboxylic acids is 1. The Kier molecular flexibility index (Phi) is 5.10. The Morgan fingerprint density at radius 2 is 2.07 bits per heavy atom. The largest absolute Gasteiger partial charge is 0.371 e. The molecule has 152 valence electrons. The van der Waals surface area contributed by atoms with Crippen LogP contribution in [0.2, 0.25) is 0 Å². The molecule has 8 heteroatoms. The molecule has 2 aromatic heterocycles. The lowest BCUT2D eigenvalue weighted by molar-refractivity contribution is 0.100. The second-order valence-electron chi connectivity index (χ2n) is 7.64. The van der Waals surface area contributed by atoms with Crippen LogP contribution in [0.4, 0.5) is 10.5 Å². The molecule has 1 aliphatic rings. The predicted octanol–water partition coefficient (Wildman–Crippen LogP) is 2.97. The lowest BCUT2D eigenvalue weighted by atomic mass is 10.1. The SMILES string of the molecule is CC(C)n1cc([C@H]2OCC[C@@H]2NC(=O)Nc2ccc3ccc(=O)n(C)c3c2)cn1. The summed E-state index contributed by atoms with van der Waals surface area (Å²) in [6, 6.07) is 8.64. The lowest BCUT2D eigenvalue weighted by Crippen LogP contribution is -2.39. The number of ether oxygens (including phenoxy) is 1. The predicted molar refractivity (Wildman–Crippen MR) is 111 cm³/mol. The van der Waals surface area contributed by atoms with Crippen molar-refractivity contribution in [2.24, 2.45) is 7.05 Å². The molecule has 0 saturated carbocycles. The van der Waals surface area contributed by atoms with Crippen LogP contribution in [0.5, 0.6) is 0 Å². The molecule has 8 nitrogen and oxygen atoms in total. The summed E-state index contributed by atoms with van der Waals surface area (Å²) in [6.45, 7) is 4.71. The minimum atomic E-state index is -0.304. The Morgan fingerprint density at radius 3 is 2.83 bits per heavy atom. The maximum Gasteiger partial charge on any atom is 0.319 e. The quantitative estimate of drug-likeness (QED) is 0.711. The molecule has 1 aromatic carbocycles. The number of benzene rings is 1. The first-order valence-electron chi connectivity index (χ1n) is 9.75. The lowest BCUT2D eigenvalue weighted by Gasteiger charge is -2.19. The van der Waals surface area contributed by atoms with E-state index in [9.17, 15) is 9.59 Å². The number of pyridine rings is 1. The highest BCUT2D eigenvalue weighted by atomic mass is 16.5. The Balaban J connectivity index is 1.46.